The van der Waals surface area contributed by atoms with E-state index in [9.17, 15) is 18.0 Å². The summed E-state index contributed by atoms with van der Waals surface area (Å²) in [4.78, 5) is 12.3. The summed E-state index contributed by atoms with van der Waals surface area (Å²) in [5.41, 5.74) is 5.62. The van der Waals surface area contributed by atoms with Crippen molar-refractivity contribution in [3.8, 4) is 0 Å². The number of aromatic nitrogens is 4. The quantitative estimate of drug-likeness (QED) is 0.681. The predicted octanol–water partition coefficient (Wildman–Crippen LogP) is 1.34. The molecule has 3 aromatic rings. The van der Waals surface area contributed by atoms with Crippen molar-refractivity contribution >= 4 is 17.4 Å². The number of anilines is 1. The second-order valence-corrected chi connectivity index (χ2v) is 5.95. The number of halogens is 3. The number of amides is 1. The molecule has 148 valence electrons. The highest BCUT2D eigenvalue weighted by atomic mass is 19.4. The Morgan fingerprint density at radius 2 is 1.71 bits per heavy atom. The number of hydrogen-bond donors (Lipinski definition) is 2. The number of alkyl halides is 3. The van der Waals surface area contributed by atoms with Crippen molar-refractivity contribution in [3.05, 3.63) is 53.9 Å². The average molecular weight is 393 g/mol. The van der Waals surface area contributed by atoms with E-state index in [0.29, 0.717) is 24.5 Å². The summed E-state index contributed by atoms with van der Waals surface area (Å²) >= 11 is 0. The van der Waals surface area contributed by atoms with E-state index in [-0.39, 0.29) is 11.6 Å². The Morgan fingerprint density at radius 3 is 2.29 bits per heavy atom. The second kappa shape index (κ2) is 8.21. The van der Waals surface area contributed by atoms with Gasteiger partial charge >= 0.3 is 6.18 Å². The monoisotopic (exact) mass is 393 g/mol. The molecule has 28 heavy (non-hydrogen) atoms. The van der Waals surface area contributed by atoms with Gasteiger partial charge in [0.2, 0.25) is 5.91 Å². The lowest BCUT2D eigenvalue weighted by molar-refractivity contribution is -0.146. The lowest BCUT2D eigenvalue weighted by Gasteiger charge is -2.28. The second-order valence-electron chi connectivity index (χ2n) is 5.95. The van der Waals surface area contributed by atoms with Gasteiger partial charge in [-0.2, -0.15) is 17.7 Å². The van der Waals surface area contributed by atoms with Crippen LogP contribution in [0.2, 0.25) is 0 Å². The molecule has 0 saturated carbocycles. The van der Waals surface area contributed by atoms with Gasteiger partial charge in [-0.1, -0.05) is 18.2 Å². The molecule has 1 fully saturated rings. The van der Waals surface area contributed by atoms with Crippen LogP contribution < -0.4 is 16.0 Å². The average Bonchev–Trinajstić information content (AvgIpc) is 3.13. The van der Waals surface area contributed by atoms with Gasteiger partial charge in [0.25, 0.3) is 5.82 Å². The van der Waals surface area contributed by atoms with Gasteiger partial charge in [-0.15, -0.1) is 15.3 Å². The largest absolute Gasteiger partial charge is 0.453 e. The minimum Gasteiger partial charge on any atom is -0.366 e. The first-order chi connectivity index (χ1) is 13.4. The first-order valence-corrected chi connectivity index (χ1v) is 8.46. The van der Waals surface area contributed by atoms with Crippen LogP contribution in [0.4, 0.5) is 19.0 Å². The molecule has 2 aromatic heterocycles. The Bertz CT molecular complexity index is 937. The van der Waals surface area contributed by atoms with E-state index in [1.165, 1.54) is 6.07 Å². The molecule has 4 rings (SSSR count). The maximum absolute atomic E-state index is 12.7. The van der Waals surface area contributed by atoms with Crippen LogP contribution in [0.3, 0.4) is 0 Å². The molecule has 0 bridgehead atoms. The first-order valence-electron chi connectivity index (χ1n) is 8.46. The molecule has 0 spiro atoms. The topological polar surface area (TPSA) is 101 Å². The van der Waals surface area contributed by atoms with Crippen LogP contribution >= 0.6 is 0 Å². The molecule has 8 nitrogen and oxygen atoms in total. The number of rotatable bonds is 2. The molecule has 1 aliphatic rings. The fourth-order valence-electron chi connectivity index (χ4n) is 2.62. The molecule has 1 saturated heterocycles. The maximum Gasteiger partial charge on any atom is 0.453 e. The van der Waals surface area contributed by atoms with E-state index in [2.05, 4.69) is 20.6 Å². The van der Waals surface area contributed by atoms with Crippen LogP contribution in [0.15, 0.2) is 42.5 Å². The van der Waals surface area contributed by atoms with Gasteiger partial charge in [0, 0.05) is 31.7 Å². The van der Waals surface area contributed by atoms with E-state index < -0.39 is 12.0 Å². The minimum absolute atomic E-state index is 0.0891. The van der Waals surface area contributed by atoms with Crippen molar-refractivity contribution in [2.24, 2.45) is 5.73 Å². The third kappa shape index (κ3) is 4.55. The number of carbonyl (C=O) groups is 1. The molecule has 0 unspecified atom stereocenters. The number of carbonyl (C=O) groups excluding carboxylic acids is 1. The van der Waals surface area contributed by atoms with Crippen LogP contribution in [0.5, 0.6) is 0 Å². The number of nitrogens with two attached hydrogens (primary N) is 1. The van der Waals surface area contributed by atoms with Crippen LogP contribution in [0, 0.1) is 0 Å². The molecule has 1 aromatic carbocycles. The number of primary amides is 1. The van der Waals surface area contributed by atoms with Gasteiger partial charge in [0.05, 0.1) is 0 Å². The highest BCUT2D eigenvalue weighted by Crippen LogP contribution is 2.27. The molecule has 0 radical (unpaired) electrons. The molecule has 3 heterocycles. The molecule has 0 aliphatic carbocycles. The van der Waals surface area contributed by atoms with Crippen LogP contribution in [0.1, 0.15) is 16.2 Å². The number of nitrogens with one attached hydrogen (secondary N) is 1. The number of piperazine rings is 1. The minimum atomic E-state index is -4.56. The third-order valence-corrected chi connectivity index (χ3v) is 4.00. The zero-order chi connectivity index (χ0) is 20.1. The fraction of sp³-hybridized carbons (Fsp3) is 0.294. The molecule has 1 aliphatic heterocycles. The summed E-state index contributed by atoms with van der Waals surface area (Å²) in [6.07, 6.45) is -4.56. The van der Waals surface area contributed by atoms with E-state index >= 15 is 0 Å². The summed E-state index contributed by atoms with van der Waals surface area (Å²) in [6, 6.07) is 11.9. The smallest absolute Gasteiger partial charge is 0.366 e. The zero-order valence-corrected chi connectivity index (χ0v) is 14.7. The Hall–Kier alpha value is -3.21. The fourth-order valence-corrected chi connectivity index (χ4v) is 2.62. The first kappa shape index (κ1) is 19.5. The van der Waals surface area contributed by atoms with Crippen LogP contribution in [-0.4, -0.2) is 51.9 Å². The lowest BCUT2D eigenvalue weighted by atomic mass is 10.2. The van der Waals surface area contributed by atoms with Gasteiger partial charge in [-0.05, 0) is 24.3 Å². The Labute approximate surface area is 158 Å². The summed E-state index contributed by atoms with van der Waals surface area (Å²) in [5.74, 6) is -0.977. The summed E-state index contributed by atoms with van der Waals surface area (Å²) in [7, 11) is 0. The lowest BCUT2D eigenvalue weighted by Crippen LogP contribution is -2.44. The van der Waals surface area contributed by atoms with Crippen LogP contribution in [0.25, 0.3) is 5.65 Å². The predicted molar refractivity (Wildman–Crippen MR) is 95.8 cm³/mol. The molecule has 0 atom stereocenters. The number of hydrogen-bond acceptors (Lipinski definition) is 6. The zero-order valence-electron chi connectivity index (χ0n) is 14.7. The Morgan fingerprint density at radius 1 is 1.04 bits per heavy atom. The molecule has 11 heteroatoms. The highest BCUT2D eigenvalue weighted by Gasteiger charge is 2.37. The Balaban J connectivity index is 0.000000211. The molecular formula is C17H18F3N7O. The SMILES string of the molecule is FC(F)(F)c1nnc2ccc(N3CCNCC3)nn12.NC(=O)c1ccccc1. The normalized spacial score (nSPS) is 14.5. The van der Waals surface area contributed by atoms with E-state index in [1.807, 2.05) is 11.0 Å². The van der Waals surface area contributed by atoms with Crippen molar-refractivity contribution in [2.75, 3.05) is 31.1 Å². The number of benzene rings is 1. The summed E-state index contributed by atoms with van der Waals surface area (Å²) < 4.78 is 39.0. The van der Waals surface area contributed by atoms with E-state index in [0.717, 1.165) is 17.6 Å². The summed E-state index contributed by atoms with van der Waals surface area (Å²) in [5, 5.41) is 13.8. The van der Waals surface area contributed by atoms with E-state index in [4.69, 9.17) is 5.73 Å². The molecule has 3 N–H and O–H groups in total. The summed E-state index contributed by atoms with van der Waals surface area (Å²) in [6.45, 7) is 2.99. The molecule has 1 amide bonds. The van der Waals surface area contributed by atoms with Gasteiger partial charge in [0.15, 0.2) is 5.65 Å². The van der Waals surface area contributed by atoms with Gasteiger partial charge < -0.3 is 16.0 Å². The van der Waals surface area contributed by atoms with Crippen molar-refractivity contribution in [1.82, 2.24) is 25.1 Å². The third-order valence-electron chi connectivity index (χ3n) is 4.00. The Kier molecular flexibility index (Phi) is 5.73. The van der Waals surface area contributed by atoms with Gasteiger partial charge in [0.1, 0.15) is 5.82 Å². The number of nitrogens with zero attached hydrogens (tertiary/aromatic N) is 5. The maximum atomic E-state index is 12.7. The molecular weight excluding hydrogens is 375 g/mol. The standard InChI is InChI=1S/C10H11F3N6.C7H7NO/c11-10(12,13)9-16-15-7-1-2-8(17-19(7)9)18-5-3-14-4-6-18;8-7(9)6-4-2-1-3-5-6/h1-2,14H,3-6H2;1-5H,(H2,8,9). The highest BCUT2D eigenvalue weighted by molar-refractivity contribution is 5.92. The van der Waals surface area contributed by atoms with Crippen molar-refractivity contribution < 1.29 is 18.0 Å². The van der Waals surface area contributed by atoms with Crippen LogP contribution in [-0.2, 0) is 6.18 Å². The van der Waals surface area contributed by atoms with Gasteiger partial charge in [-0.25, -0.2) is 0 Å². The van der Waals surface area contributed by atoms with Crippen molar-refractivity contribution in [2.45, 2.75) is 6.18 Å². The van der Waals surface area contributed by atoms with Crippen molar-refractivity contribution in [1.29, 1.82) is 0 Å². The number of fused-ring (bicyclic) bond motifs is 1. The van der Waals surface area contributed by atoms with Crippen molar-refractivity contribution in [3.63, 3.8) is 0 Å². The van der Waals surface area contributed by atoms with Gasteiger partial charge in [-0.3, -0.25) is 4.79 Å². The van der Waals surface area contributed by atoms with E-state index in [1.54, 1.807) is 30.3 Å².